The zero-order chi connectivity index (χ0) is 12.4. The molecule has 17 heavy (non-hydrogen) atoms. The Morgan fingerprint density at radius 2 is 2.24 bits per heavy atom. The highest BCUT2D eigenvalue weighted by Gasteiger charge is 2.23. The van der Waals surface area contributed by atoms with E-state index in [0.29, 0.717) is 17.8 Å². The van der Waals surface area contributed by atoms with Gasteiger partial charge in [0.2, 0.25) is 0 Å². The van der Waals surface area contributed by atoms with Gasteiger partial charge in [-0.15, -0.1) is 0 Å². The fourth-order valence-electron chi connectivity index (χ4n) is 2.10. The molecule has 1 aromatic rings. The molecule has 0 aliphatic carbocycles. The van der Waals surface area contributed by atoms with Gasteiger partial charge in [-0.1, -0.05) is 17.7 Å². The van der Waals surface area contributed by atoms with Gasteiger partial charge >= 0.3 is 0 Å². The van der Waals surface area contributed by atoms with Crippen molar-refractivity contribution in [2.24, 2.45) is 0 Å². The van der Waals surface area contributed by atoms with Gasteiger partial charge < -0.3 is 10.5 Å². The Kier molecular flexibility index (Phi) is 3.92. The van der Waals surface area contributed by atoms with Crippen LogP contribution in [0.25, 0.3) is 0 Å². The van der Waals surface area contributed by atoms with Crippen molar-refractivity contribution in [1.29, 1.82) is 0 Å². The van der Waals surface area contributed by atoms with Crippen LogP contribution in [0.15, 0.2) is 18.2 Å². The second-order valence-corrected chi connectivity index (χ2v) is 5.18. The summed E-state index contributed by atoms with van der Waals surface area (Å²) in [5, 5.41) is 0.747. The molecule has 2 rings (SSSR count). The lowest BCUT2D eigenvalue weighted by Crippen LogP contribution is -2.46. The van der Waals surface area contributed by atoms with E-state index in [1.54, 1.807) is 0 Å². The van der Waals surface area contributed by atoms with Gasteiger partial charge in [0.15, 0.2) is 0 Å². The monoisotopic (exact) mass is 254 g/mol. The predicted molar refractivity (Wildman–Crippen MR) is 71.2 cm³/mol. The molecule has 0 saturated carbocycles. The lowest BCUT2D eigenvalue weighted by molar-refractivity contribution is -0.0526. The largest absolute Gasteiger partial charge is 0.399 e. The first-order valence-electron chi connectivity index (χ1n) is 5.96. The summed E-state index contributed by atoms with van der Waals surface area (Å²) in [5.74, 6) is 0. The molecule has 94 valence electrons. The molecule has 0 spiro atoms. The van der Waals surface area contributed by atoms with E-state index in [-0.39, 0.29) is 0 Å². The average molecular weight is 255 g/mol. The molecule has 1 heterocycles. The maximum Gasteiger partial charge on any atom is 0.0674 e. The highest BCUT2D eigenvalue weighted by Crippen LogP contribution is 2.23. The van der Waals surface area contributed by atoms with E-state index < -0.39 is 0 Å². The Hall–Kier alpha value is -0.770. The van der Waals surface area contributed by atoms with Crippen LogP contribution in [-0.2, 0) is 11.3 Å². The van der Waals surface area contributed by atoms with Crippen molar-refractivity contribution in [1.82, 2.24) is 4.90 Å². The van der Waals surface area contributed by atoms with Crippen LogP contribution in [0.1, 0.15) is 19.4 Å². The summed E-state index contributed by atoms with van der Waals surface area (Å²) in [6.45, 7) is 6.87. The molecular weight excluding hydrogens is 236 g/mol. The van der Waals surface area contributed by atoms with Crippen LogP contribution in [-0.4, -0.2) is 30.2 Å². The third-order valence-electron chi connectivity index (χ3n) is 3.19. The molecule has 1 fully saturated rings. The number of benzene rings is 1. The number of nitrogens with two attached hydrogens (primary N) is 1. The van der Waals surface area contributed by atoms with Gasteiger partial charge in [0.25, 0.3) is 0 Å². The van der Waals surface area contributed by atoms with E-state index in [0.717, 1.165) is 30.3 Å². The summed E-state index contributed by atoms with van der Waals surface area (Å²) in [7, 11) is 0. The number of halogens is 1. The summed E-state index contributed by atoms with van der Waals surface area (Å²) >= 11 is 6.19. The van der Waals surface area contributed by atoms with Crippen LogP contribution in [0.5, 0.6) is 0 Å². The van der Waals surface area contributed by atoms with Crippen LogP contribution in [0, 0.1) is 0 Å². The highest BCUT2D eigenvalue weighted by molar-refractivity contribution is 6.31. The lowest BCUT2D eigenvalue weighted by Gasteiger charge is -2.36. The molecule has 1 aliphatic rings. The van der Waals surface area contributed by atoms with Crippen molar-refractivity contribution in [2.45, 2.75) is 32.5 Å². The summed E-state index contributed by atoms with van der Waals surface area (Å²) in [5.41, 5.74) is 7.53. The summed E-state index contributed by atoms with van der Waals surface area (Å²) in [6, 6.07) is 6.14. The molecule has 3 nitrogen and oxygen atoms in total. The minimum atomic E-state index is 0.291. The Bertz CT molecular complexity index is 397. The second-order valence-electron chi connectivity index (χ2n) is 4.77. The molecule has 0 aromatic heterocycles. The molecule has 2 N–H and O–H groups in total. The summed E-state index contributed by atoms with van der Waals surface area (Å²) < 4.78 is 5.61. The number of anilines is 1. The fourth-order valence-corrected chi connectivity index (χ4v) is 2.35. The average Bonchev–Trinajstić information content (AvgIpc) is 2.27. The Labute approximate surface area is 107 Å². The molecule has 4 heteroatoms. The van der Waals surface area contributed by atoms with Crippen LogP contribution in [0.4, 0.5) is 5.69 Å². The van der Waals surface area contributed by atoms with Gasteiger partial charge in [-0.2, -0.15) is 0 Å². The minimum absolute atomic E-state index is 0.291. The van der Waals surface area contributed by atoms with Crippen LogP contribution >= 0.6 is 11.6 Å². The van der Waals surface area contributed by atoms with E-state index in [2.05, 4.69) is 18.7 Å². The third kappa shape index (κ3) is 3.12. The zero-order valence-electron chi connectivity index (χ0n) is 10.3. The molecule has 0 amide bonds. The summed E-state index contributed by atoms with van der Waals surface area (Å²) in [4.78, 5) is 2.39. The topological polar surface area (TPSA) is 38.5 Å². The van der Waals surface area contributed by atoms with E-state index in [4.69, 9.17) is 22.1 Å². The highest BCUT2D eigenvalue weighted by atomic mass is 35.5. The number of ether oxygens (including phenoxy) is 1. The van der Waals surface area contributed by atoms with Crippen molar-refractivity contribution >= 4 is 17.3 Å². The normalized spacial score (nSPS) is 26.1. The number of hydrogen-bond acceptors (Lipinski definition) is 3. The van der Waals surface area contributed by atoms with Crippen molar-refractivity contribution in [3.05, 3.63) is 28.8 Å². The molecule has 0 radical (unpaired) electrons. The predicted octanol–water partition coefficient (Wildman–Crippen LogP) is 2.53. The van der Waals surface area contributed by atoms with E-state index in [9.17, 15) is 0 Å². The first kappa shape index (κ1) is 12.7. The SMILES string of the molecule is CC1CN(Cc2ccc(N)cc2Cl)C(C)CO1. The Balaban J connectivity index is 2.08. The fraction of sp³-hybridized carbons (Fsp3) is 0.538. The van der Waals surface area contributed by atoms with E-state index in [1.807, 2.05) is 18.2 Å². The first-order valence-corrected chi connectivity index (χ1v) is 6.33. The summed E-state index contributed by atoms with van der Waals surface area (Å²) in [6.07, 6.45) is 0.291. The number of hydrogen-bond donors (Lipinski definition) is 1. The Morgan fingerprint density at radius 1 is 1.47 bits per heavy atom. The minimum Gasteiger partial charge on any atom is -0.399 e. The van der Waals surface area contributed by atoms with Crippen molar-refractivity contribution in [2.75, 3.05) is 18.9 Å². The van der Waals surface area contributed by atoms with Crippen molar-refractivity contribution < 1.29 is 4.74 Å². The quantitative estimate of drug-likeness (QED) is 0.825. The zero-order valence-corrected chi connectivity index (χ0v) is 11.1. The maximum atomic E-state index is 6.19. The van der Waals surface area contributed by atoms with E-state index >= 15 is 0 Å². The van der Waals surface area contributed by atoms with Gasteiger partial charge in [-0.05, 0) is 31.5 Å². The van der Waals surface area contributed by atoms with Gasteiger partial charge in [0, 0.05) is 29.8 Å². The number of rotatable bonds is 2. The number of morpholine rings is 1. The molecule has 2 unspecified atom stereocenters. The van der Waals surface area contributed by atoms with Gasteiger partial charge in [-0.3, -0.25) is 4.90 Å². The Morgan fingerprint density at radius 3 is 2.94 bits per heavy atom. The van der Waals surface area contributed by atoms with Crippen LogP contribution < -0.4 is 5.73 Å². The molecular formula is C13H19ClN2O. The van der Waals surface area contributed by atoms with Crippen LogP contribution in [0.3, 0.4) is 0 Å². The van der Waals surface area contributed by atoms with Gasteiger partial charge in [0.05, 0.1) is 12.7 Å². The molecule has 2 atom stereocenters. The third-order valence-corrected chi connectivity index (χ3v) is 3.54. The number of nitrogens with zero attached hydrogens (tertiary/aromatic N) is 1. The molecule has 1 saturated heterocycles. The van der Waals surface area contributed by atoms with Crippen LogP contribution in [0.2, 0.25) is 5.02 Å². The molecule has 1 aromatic carbocycles. The van der Waals surface area contributed by atoms with E-state index in [1.165, 1.54) is 0 Å². The molecule has 1 aliphatic heterocycles. The van der Waals surface area contributed by atoms with Crippen molar-refractivity contribution in [3.8, 4) is 0 Å². The van der Waals surface area contributed by atoms with Gasteiger partial charge in [0.1, 0.15) is 0 Å². The van der Waals surface area contributed by atoms with Gasteiger partial charge in [-0.25, -0.2) is 0 Å². The second kappa shape index (κ2) is 5.25. The smallest absolute Gasteiger partial charge is 0.0674 e. The number of nitrogen functional groups attached to an aromatic ring is 1. The molecule has 0 bridgehead atoms. The maximum absolute atomic E-state index is 6.19. The first-order chi connectivity index (χ1) is 8.06. The van der Waals surface area contributed by atoms with Crippen molar-refractivity contribution in [3.63, 3.8) is 0 Å². The lowest BCUT2D eigenvalue weighted by atomic mass is 10.1. The standard InChI is InChI=1S/C13H19ClN2O/c1-9-8-17-10(2)6-16(9)7-11-3-4-12(15)5-13(11)14/h3-5,9-10H,6-8,15H2,1-2H3.